The van der Waals surface area contributed by atoms with Crippen LogP contribution < -0.4 is 5.11 Å². The van der Waals surface area contributed by atoms with Crippen molar-refractivity contribution >= 4 is 11.6 Å². The van der Waals surface area contributed by atoms with E-state index in [1.807, 2.05) is 20.8 Å². The van der Waals surface area contributed by atoms with Gasteiger partial charge in [0, 0.05) is 11.1 Å². The Bertz CT molecular complexity index is 437. The fraction of sp³-hybridized carbons (Fsp3) is 0.571. The van der Waals surface area contributed by atoms with E-state index in [-0.39, 0.29) is 11.4 Å². The average molecular weight is 235 g/mol. The lowest BCUT2D eigenvalue weighted by Gasteiger charge is -2.34. The van der Waals surface area contributed by atoms with Crippen molar-refractivity contribution in [3.63, 3.8) is 0 Å². The molecule has 3 heteroatoms. The SMILES string of the molecule is CC(C)(C)C1=CC(=O)C(C(C)(C)C)=C([O-])C1=O. The third-order valence-corrected chi connectivity index (χ3v) is 2.76. The van der Waals surface area contributed by atoms with E-state index in [0.717, 1.165) is 0 Å². The Morgan fingerprint density at radius 2 is 1.41 bits per heavy atom. The molecule has 3 nitrogen and oxygen atoms in total. The summed E-state index contributed by atoms with van der Waals surface area (Å²) in [5.74, 6) is -1.51. The van der Waals surface area contributed by atoms with Gasteiger partial charge in [0.05, 0.1) is 0 Å². The molecule has 0 fully saturated rings. The Morgan fingerprint density at radius 1 is 0.941 bits per heavy atom. The molecular formula is C14H19O3-. The molecule has 0 unspecified atom stereocenters. The predicted molar refractivity (Wildman–Crippen MR) is 64.0 cm³/mol. The number of hydrogen-bond donors (Lipinski definition) is 0. The Labute approximate surface area is 102 Å². The zero-order valence-corrected chi connectivity index (χ0v) is 11.3. The van der Waals surface area contributed by atoms with E-state index in [1.165, 1.54) is 6.08 Å². The second-order valence-corrected chi connectivity index (χ2v) is 6.46. The quantitative estimate of drug-likeness (QED) is 0.601. The Kier molecular flexibility index (Phi) is 3.08. The molecule has 0 amide bonds. The summed E-state index contributed by atoms with van der Waals surface area (Å²) < 4.78 is 0. The van der Waals surface area contributed by atoms with Gasteiger partial charge in [-0.15, -0.1) is 0 Å². The van der Waals surface area contributed by atoms with Crippen molar-refractivity contribution in [1.82, 2.24) is 0 Å². The minimum Gasteiger partial charge on any atom is -0.870 e. The maximum Gasteiger partial charge on any atom is 0.182 e. The summed E-state index contributed by atoms with van der Waals surface area (Å²) in [4.78, 5) is 24.0. The summed E-state index contributed by atoms with van der Waals surface area (Å²) >= 11 is 0. The van der Waals surface area contributed by atoms with Gasteiger partial charge < -0.3 is 5.11 Å². The molecule has 0 bridgehead atoms. The van der Waals surface area contributed by atoms with Gasteiger partial charge in [-0.1, -0.05) is 47.3 Å². The first kappa shape index (κ1) is 13.7. The molecule has 0 N–H and O–H groups in total. The van der Waals surface area contributed by atoms with Crippen LogP contribution >= 0.6 is 0 Å². The van der Waals surface area contributed by atoms with Crippen molar-refractivity contribution < 1.29 is 14.7 Å². The lowest BCUT2D eigenvalue weighted by atomic mass is 9.74. The standard InChI is InChI=1S/C14H20O3/c1-13(2,3)8-7-9(15)10(14(4,5)6)12(17)11(8)16/h7,17H,1-6H3/p-1. The smallest absolute Gasteiger partial charge is 0.182 e. The van der Waals surface area contributed by atoms with Crippen molar-refractivity contribution in [3.05, 3.63) is 23.0 Å². The molecule has 1 rings (SSSR count). The molecule has 0 aromatic heterocycles. The normalized spacial score (nSPS) is 18.6. The van der Waals surface area contributed by atoms with Gasteiger partial charge in [-0.3, -0.25) is 9.59 Å². The zero-order valence-electron chi connectivity index (χ0n) is 11.3. The van der Waals surface area contributed by atoms with Crippen LogP contribution in [0.2, 0.25) is 0 Å². The molecule has 0 aliphatic heterocycles. The molecule has 1 aliphatic carbocycles. The highest BCUT2D eigenvalue weighted by Gasteiger charge is 2.34. The number of carbonyl (C=O) groups is 2. The first-order valence-electron chi connectivity index (χ1n) is 5.69. The summed E-state index contributed by atoms with van der Waals surface area (Å²) in [6.45, 7) is 10.8. The van der Waals surface area contributed by atoms with Crippen molar-refractivity contribution in [3.8, 4) is 0 Å². The second-order valence-electron chi connectivity index (χ2n) is 6.46. The molecule has 94 valence electrons. The minimum absolute atomic E-state index is 0.0931. The minimum atomic E-state index is -0.644. The van der Waals surface area contributed by atoms with Crippen molar-refractivity contribution in [2.75, 3.05) is 0 Å². The second kappa shape index (κ2) is 3.83. The summed E-state index contributed by atoms with van der Waals surface area (Å²) in [6.07, 6.45) is 1.32. The van der Waals surface area contributed by atoms with E-state index in [1.54, 1.807) is 20.8 Å². The van der Waals surface area contributed by atoms with E-state index in [0.29, 0.717) is 5.57 Å². The van der Waals surface area contributed by atoms with E-state index < -0.39 is 22.4 Å². The number of allylic oxidation sites excluding steroid dienone is 3. The van der Waals surface area contributed by atoms with Crippen molar-refractivity contribution in [2.24, 2.45) is 10.8 Å². The van der Waals surface area contributed by atoms with Crippen LogP contribution in [0.15, 0.2) is 23.0 Å². The van der Waals surface area contributed by atoms with Crippen LogP contribution in [0.25, 0.3) is 0 Å². The van der Waals surface area contributed by atoms with Crippen molar-refractivity contribution in [1.29, 1.82) is 0 Å². The number of Topliss-reactive ketones (excluding diaryl/α,β-unsaturated/α-hetero) is 1. The van der Waals surface area contributed by atoms with Crippen molar-refractivity contribution in [2.45, 2.75) is 41.5 Å². The highest BCUT2D eigenvalue weighted by molar-refractivity contribution is 6.22. The summed E-state index contributed by atoms with van der Waals surface area (Å²) in [5, 5.41) is 12.0. The van der Waals surface area contributed by atoms with E-state index >= 15 is 0 Å². The van der Waals surface area contributed by atoms with Gasteiger partial charge in [0.25, 0.3) is 0 Å². The van der Waals surface area contributed by atoms with E-state index in [9.17, 15) is 14.7 Å². The Hall–Kier alpha value is -1.38. The fourth-order valence-electron chi connectivity index (χ4n) is 1.88. The molecule has 0 aromatic carbocycles. The summed E-state index contributed by atoms with van der Waals surface area (Å²) in [6, 6.07) is 0. The molecule has 0 atom stereocenters. The predicted octanol–water partition coefficient (Wildman–Crippen LogP) is 1.77. The number of carbonyl (C=O) groups excluding carboxylic acids is 2. The van der Waals surface area contributed by atoms with Crippen LogP contribution in [0.4, 0.5) is 0 Å². The lowest BCUT2D eigenvalue weighted by Crippen LogP contribution is -2.35. The first-order chi connectivity index (χ1) is 7.46. The van der Waals surface area contributed by atoms with Crippen LogP contribution in [-0.4, -0.2) is 11.6 Å². The number of hydrogen-bond acceptors (Lipinski definition) is 3. The average Bonchev–Trinajstić information content (AvgIpc) is 2.07. The molecule has 0 heterocycles. The molecule has 1 aliphatic rings. The largest absolute Gasteiger partial charge is 0.870 e. The Balaban J connectivity index is 3.35. The van der Waals surface area contributed by atoms with Gasteiger partial charge in [0.15, 0.2) is 11.6 Å². The van der Waals surface area contributed by atoms with Gasteiger partial charge in [-0.2, -0.15) is 0 Å². The van der Waals surface area contributed by atoms with Crippen LogP contribution in [0, 0.1) is 10.8 Å². The van der Waals surface area contributed by atoms with Crippen LogP contribution in [0.5, 0.6) is 0 Å². The van der Waals surface area contributed by atoms with Crippen LogP contribution in [-0.2, 0) is 9.59 Å². The summed E-state index contributed by atoms with van der Waals surface area (Å²) in [7, 11) is 0. The van der Waals surface area contributed by atoms with Gasteiger partial charge in [0.1, 0.15) is 0 Å². The van der Waals surface area contributed by atoms with E-state index in [2.05, 4.69) is 0 Å². The van der Waals surface area contributed by atoms with E-state index in [4.69, 9.17) is 0 Å². The fourth-order valence-corrected chi connectivity index (χ4v) is 1.88. The monoisotopic (exact) mass is 235 g/mol. The maximum absolute atomic E-state index is 12.0. The van der Waals surface area contributed by atoms with Gasteiger partial charge >= 0.3 is 0 Å². The van der Waals surface area contributed by atoms with Crippen LogP contribution in [0.3, 0.4) is 0 Å². The molecule has 0 saturated carbocycles. The van der Waals surface area contributed by atoms with Gasteiger partial charge in [-0.25, -0.2) is 0 Å². The first-order valence-corrected chi connectivity index (χ1v) is 5.69. The highest BCUT2D eigenvalue weighted by atomic mass is 16.3. The number of rotatable bonds is 0. The van der Waals surface area contributed by atoms with Gasteiger partial charge in [0.2, 0.25) is 0 Å². The molecule has 17 heavy (non-hydrogen) atoms. The molecule has 0 spiro atoms. The maximum atomic E-state index is 12.0. The lowest BCUT2D eigenvalue weighted by molar-refractivity contribution is -0.300. The Morgan fingerprint density at radius 3 is 1.76 bits per heavy atom. The summed E-state index contributed by atoms with van der Waals surface area (Å²) in [5.41, 5.74) is -0.675. The third-order valence-electron chi connectivity index (χ3n) is 2.76. The third kappa shape index (κ3) is 2.48. The molecule has 0 saturated heterocycles. The van der Waals surface area contributed by atoms with Gasteiger partial charge in [-0.05, 0) is 16.9 Å². The number of ketones is 2. The zero-order chi connectivity index (χ0) is 13.6. The van der Waals surface area contributed by atoms with Crippen LogP contribution in [0.1, 0.15) is 41.5 Å². The highest BCUT2D eigenvalue weighted by Crippen LogP contribution is 2.36. The molecular weight excluding hydrogens is 216 g/mol. The molecule has 0 aromatic rings. The molecule has 0 radical (unpaired) electrons. The topological polar surface area (TPSA) is 57.2 Å².